The molecular weight excluding hydrogens is 387 g/mol. The van der Waals surface area contributed by atoms with Crippen molar-refractivity contribution in [2.75, 3.05) is 10.0 Å². The molecule has 32 heavy (non-hydrogen) atoms. The van der Waals surface area contributed by atoms with E-state index in [1.54, 1.807) is 0 Å². The first kappa shape index (κ1) is 22.3. The Balaban J connectivity index is 1.86. The predicted octanol–water partition coefficient (Wildman–Crippen LogP) is 8.27. The van der Waals surface area contributed by atoms with E-state index in [2.05, 4.69) is 121 Å². The van der Waals surface area contributed by atoms with Crippen molar-refractivity contribution in [3.05, 3.63) is 103 Å². The number of unbranched alkanes of at least 4 members (excludes halogenated alkanes) is 2. The summed E-state index contributed by atoms with van der Waals surface area (Å²) < 4.78 is 0. The number of rotatable bonds is 10. The third-order valence-electron chi connectivity index (χ3n) is 6.66. The molecule has 0 bridgehead atoms. The molecule has 1 N–H and O–H groups in total. The quantitative estimate of drug-likeness (QED) is 0.331. The molecule has 1 heterocycles. The molecule has 0 fully saturated rings. The van der Waals surface area contributed by atoms with E-state index >= 15 is 0 Å². The Morgan fingerprint density at radius 2 is 1.25 bits per heavy atom. The van der Waals surface area contributed by atoms with Crippen molar-refractivity contribution in [1.82, 2.24) is 0 Å². The molecule has 0 aromatic heterocycles. The van der Waals surface area contributed by atoms with Gasteiger partial charge in [-0.1, -0.05) is 112 Å². The van der Waals surface area contributed by atoms with Crippen molar-refractivity contribution in [2.45, 2.75) is 57.7 Å². The molecule has 0 unspecified atom stereocenters. The Morgan fingerprint density at radius 1 is 0.719 bits per heavy atom. The van der Waals surface area contributed by atoms with Crippen LogP contribution in [-0.2, 0) is 0 Å². The molecule has 4 rings (SSSR count). The van der Waals surface area contributed by atoms with Gasteiger partial charge in [0, 0.05) is 22.4 Å². The molecule has 1 aliphatic heterocycles. The van der Waals surface area contributed by atoms with Gasteiger partial charge in [0.2, 0.25) is 0 Å². The van der Waals surface area contributed by atoms with Crippen molar-refractivity contribution in [3.63, 3.8) is 0 Å². The minimum Gasteiger partial charge on any atom is -0.408 e. The van der Waals surface area contributed by atoms with Gasteiger partial charge in [0.1, 0.15) is 0 Å². The lowest BCUT2D eigenvalue weighted by Crippen LogP contribution is -2.49. The highest BCUT2D eigenvalue weighted by atomic mass is 15.2. The summed E-state index contributed by atoms with van der Waals surface area (Å²) >= 11 is 0. The van der Waals surface area contributed by atoms with Gasteiger partial charge >= 0.3 is 6.98 Å². The second-order valence-electron chi connectivity index (χ2n) is 8.95. The Hall–Kier alpha value is -2.94. The maximum atomic E-state index is 3.97. The number of hydrogen-bond donors (Lipinski definition) is 1. The molecule has 0 aliphatic carbocycles. The fourth-order valence-electron chi connectivity index (χ4n) is 4.98. The zero-order valence-corrected chi connectivity index (χ0v) is 19.5. The van der Waals surface area contributed by atoms with E-state index in [4.69, 9.17) is 0 Å². The minimum atomic E-state index is 0.0723. The molecule has 0 saturated carbocycles. The second-order valence-corrected chi connectivity index (χ2v) is 8.95. The van der Waals surface area contributed by atoms with Gasteiger partial charge in [-0.05, 0) is 42.7 Å². The Morgan fingerprint density at radius 3 is 1.81 bits per heavy atom. The number of anilines is 2. The first-order valence-electron chi connectivity index (χ1n) is 12.2. The molecule has 0 radical (unpaired) electrons. The van der Waals surface area contributed by atoms with Crippen molar-refractivity contribution >= 4 is 24.1 Å². The van der Waals surface area contributed by atoms with Crippen LogP contribution in [0, 0.1) is 0 Å². The van der Waals surface area contributed by atoms with E-state index in [0.717, 1.165) is 0 Å². The van der Waals surface area contributed by atoms with Gasteiger partial charge in [-0.25, -0.2) is 0 Å². The lowest BCUT2D eigenvalue weighted by Gasteiger charge is -2.38. The Kier molecular flexibility index (Phi) is 7.37. The normalized spacial score (nSPS) is 15.0. The highest BCUT2D eigenvalue weighted by molar-refractivity contribution is 6.74. The summed E-state index contributed by atoms with van der Waals surface area (Å²) in [6.07, 6.45) is 9.87. The highest BCUT2D eigenvalue weighted by Gasteiger charge is 2.51. The topological polar surface area (TPSA) is 15.3 Å². The molecule has 3 heteroatoms. The summed E-state index contributed by atoms with van der Waals surface area (Å²) in [5, 5.41) is 4.04. The van der Waals surface area contributed by atoms with Gasteiger partial charge in [-0.15, -0.1) is 0 Å². The maximum Gasteiger partial charge on any atom is 0.388 e. The minimum absolute atomic E-state index is 0.0723. The third-order valence-corrected chi connectivity index (χ3v) is 6.66. The molecule has 0 atom stereocenters. The standard InChI is InChI=1S/C29H35BN2/c1-3-5-22-29(23-6-4-2)24-28(25-16-10-7-11-17-25)32(27-20-14-9-15-21-27)30(29)31-26-18-12-8-13-19-26/h7-21,24,31H,3-6,22-23H2,1-2H3. The Bertz CT molecular complexity index is 977. The molecule has 0 spiro atoms. The van der Waals surface area contributed by atoms with Crippen molar-refractivity contribution in [3.8, 4) is 0 Å². The smallest absolute Gasteiger partial charge is 0.388 e. The summed E-state index contributed by atoms with van der Waals surface area (Å²) in [5.74, 6) is 0. The number of allylic oxidation sites excluding steroid dienone is 1. The van der Waals surface area contributed by atoms with Crippen LogP contribution in [0.3, 0.4) is 0 Å². The van der Waals surface area contributed by atoms with Crippen LogP contribution in [0.15, 0.2) is 97.1 Å². The fraction of sp³-hybridized carbons (Fsp3) is 0.310. The van der Waals surface area contributed by atoms with Gasteiger partial charge in [0.05, 0.1) is 0 Å². The monoisotopic (exact) mass is 422 g/mol. The first-order chi connectivity index (χ1) is 15.8. The van der Waals surface area contributed by atoms with Crippen molar-refractivity contribution < 1.29 is 0 Å². The number of nitrogens with one attached hydrogen (secondary N) is 1. The van der Waals surface area contributed by atoms with E-state index < -0.39 is 0 Å². The fourth-order valence-corrected chi connectivity index (χ4v) is 4.98. The van der Waals surface area contributed by atoms with Crippen LogP contribution in [0.5, 0.6) is 0 Å². The maximum absolute atomic E-state index is 3.97. The van der Waals surface area contributed by atoms with E-state index in [1.165, 1.54) is 61.2 Å². The zero-order chi connectivity index (χ0) is 22.2. The molecular formula is C29H35BN2. The molecule has 3 aromatic rings. The van der Waals surface area contributed by atoms with Crippen molar-refractivity contribution in [1.29, 1.82) is 0 Å². The molecule has 0 saturated heterocycles. The summed E-state index contributed by atoms with van der Waals surface area (Å²) in [6, 6.07) is 32.5. The van der Waals surface area contributed by atoms with Crippen molar-refractivity contribution in [2.24, 2.45) is 0 Å². The van der Waals surface area contributed by atoms with Crippen LogP contribution in [0.2, 0.25) is 5.31 Å². The Labute approximate surface area is 194 Å². The summed E-state index contributed by atoms with van der Waals surface area (Å²) in [7, 11) is 0. The third kappa shape index (κ3) is 4.77. The zero-order valence-electron chi connectivity index (χ0n) is 19.5. The molecule has 3 aromatic carbocycles. The molecule has 164 valence electrons. The first-order valence-corrected chi connectivity index (χ1v) is 12.2. The van der Waals surface area contributed by atoms with Gasteiger partial charge in [0.25, 0.3) is 0 Å². The van der Waals surface area contributed by atoms with Crippen LogP contribution in [0.1, 0.15) is 57.9 Å². The lowest BCUT2D eigenvalue weighted by molar-refractivity contribution is 0.509. The molecule has 2 nitrogen and oxygen atoms in total. The largest absolute Gasteiger partial charge is 0.408 e. The average molecular weight is 422 g/mol. The number of para-hydroxylation sites is 2. The summed E-state index contributed by atoms with van der Waals surface area (Å²) in [5.41, 5.74) is 5.02. The predicted molar refractivity (Wildman–Crippen MR) is 141 cm³/mol. The van der Waals surface area contributed by atoms with Crippen LogP contribution in [-0.4, -0.2) is 6.98 Å². The number of nitrogens with zero attached hydrogens (tertiary/aromatic N) is 1. The number of hydrogen-bond acceptors (Lipinski definition) is 2. The van der Waals surface area contributed by atoms with Gasteiger partial charge in [-0.2, -0.15) is 0 Å². The molecule has 1 aliphatic rings. The average Bonchev–Trinajstić information content (AvgIpc) is 3.17. The van der Waals surface area contributed by atoms with Gasteiger partial charge < -0.3 is 10.0 Å². The lowest BCUT2D eigenvalue weighted by atomic mass is 9.47. The highest BCUT2D eigenvalue weighted by Crippen LogP contribution is 2.53. The van der Waals surface area contributed by atoms with Crippen LogP contribution >= 0.6 is 0 Å². The van der Waals surface area contributed by atoms with Crippen LogP contribution < -0.4 is 10.0 Å². The van der Waals surface area contributed by atoms with E-state index in [1.807, 2.05) is 0 Å². The summed E-state index contributed by atoms with van der Waals surface area (Å²) in [6.45, 7) is 4.78. The van der Waals surface area contributed by atoms with Crippen LogP contribution in [0.4, 0.5) is 11.4 Å². The van der Waals surface area contributed by atoms with Gasteiger partial charge in [0.15, 0.2) is 0 Å². The number of benzene rings is 3. The SMILES string of the molecule is CCCCC1(CCCC)C=C(c2ccccc2)N(c2ccccc2)B1Nc1ccccc1. The summed E-state index contributed by atoms with van der Waals surface area (Å²) in [4.78, 5) is 2.55. The van der Waals surface area contributed by atoms with Crippen LogP contribution in [0.25, 0.3) is 5.70 Å². The van der Waals surface area contributed by atoms with E-state index in [-0.39, 0.29) is 12.3 Å². The van der Waals surface area contributed by atoms with E-state index in [9.17, 15) is 0 Å². The molecule has 0 amide bonds. The van der Waals surface area contributed by atoms with E-state index in [0.29, 0.717) is 0 Å². The van der Waals surface area contributed by atoms with Gasteiger partial charge in [-0.3, -0.25) is 0 Å². The second kappa shape index (κ2) is 10.6.